The number of methoxy groups -OCH3 is 1. The first kappa shape index (κ1) is 20.5. The van der Waals surface area contributed by atoms with Crippen LogP contribution in [-0.2, 0) is 19.4 Å². The first-order valence-corrected chi connectivity index (χ1v) is 11.5. The molecule has 32 heavy (non-hydrogen) atoms. The van der Waals surface area contributed by atoms with Crippen molar-refractivity contribution < 1.29 is 9.47 Å². The molecule has 1 aliphatic rings. The predicted octanol–water partition coefficient (Wildman–Crippen LogP) is 4.81. The van der Waals surface area contributed by atoms with Gasteiger partial charge in [-0.25, -0.2) is 4.98 Å². The first-order valence-electron chi connectivity index (χ1n) is 10.6. The van der Waals surface area contributed by atoms with Crippen molar-refractivity contribution in [1.82, 2.24) is 9.66 Å². The molecule has 7 heteroatoms. The van der Waals surface area contributed by atoms with E-state index in [1.165, 1.54) is 27.9 Å². The van der Waals surface area contributed by atoms with Gasteiger partial charge in [-0.2, -0.15) is 9.78 Å². The van der Waals surface area contributed by atoms with Gasteiger partial charge in [0.1, 0.15) is 17.8 Å². The van der Waals surface area contributed by atoms with E-state index in [1.807, 2.05) is 48.5 Å². The summed E-state index contributed by atoms with van der Waals surface area (Å²) < 4.78 is 12.7. The standard InChI is InChI=1S/C25H23N3O3S/c1-30-20-12-11-18(13-21(20)31-15-17-7-3-2-4-8-17)14-27-28-16-26-24-23(25(28)29)19-9-5-6-10-22(19)32-24/h2-4,7-8,11-14,16H,5-6,9-10,15H2,1H3. The number of rotatable bonds is 6. The molecule has 0 radical (unpaired) electrons. The molecule has 162 valence electrons. The Balaban J connectivity index is 1.42. The molecule has 2 aromatic heterocycles. The van der Waals surface area contributed by atoms with Gasteiger partial charge in [0.25, 0.3) is 5.56 Å². The Morgan fingerprint density at radius 3 is 2.81 bits per heavy atom. The Morgan fingerprint density at radius 2 is 1.97 bits per heavy atom. The van der Waals surface area contributed by atoms with Crippen LogP contribution >= 0.6 is 11.3 Å². The van der Waals surface area contributed by atoms with Gasteiger partial charge < -0.3 is 9.47 Å². The molecular formula is C25H23N3O3S. The molecule has 1 aliphatic carbocycles. The molecule has 6 nitrogen and oxygen atoms in total. The van der Waals surface area contributed by atoms with Crippen molar-refractivity contribution in [3.05, 3.63) is 86.8 Å². The highest BCUT2D eigenvalue weighted by molar-refractivity contribution is 7.18. The Morgan fingerprint density at radius 1 is 1.12 bits per heavy atom. The number of benzene rings is 2. The summed E-state index contributed by atoms with van der Waals surface area (Å²) in [7, 11) is 1.61. The molecular weight excluding hydrogens is 422 g/mol. The largest absolute Gasteiger partial charge is 0.493 e. The van der Waals surface area contributed by atoms with Gasteiger partial charge >= 0.3 is 0 Å². The minimum atomic E-state index is -0.111. The summed E-state index contributed by atoms with van der Waals surface area (Å²) in [5.41, 5.74) is 2.92. The summed E-state index contributed by atoms with van der Waals surface area (Å²) in [6.07, 6.45) is 7.42. The maximum atomic E-state index is 13.1. The lowest BCUT2D eigenvalue weighted by Gasteiger charge is -2.11. The van der Waals surface area contributed by atoms with Gasteiger partial charge in [0.2, 0.25) is 0 Å². The number of aromatic nitrogens is 2. The molecule has 0 saturated heterocycles. The van der Waals surface area contributed by atoms with Crippen molar-refractivity contribution >= 4 is 27.8 Å². The second-order valence-corrected chi connectivity index (χ2v) is 8.80. The Kier molecular flexibility index (Phi) is 5.73. The van der Waals surface area contributed by atoms with Crippen molar-refractivity contribution in [2.45, 2.75) is 32.3 Å². The highest BCUT2D eigenvalue weighted by Gasteiger charge is 2.19. The van der Waals surface area contributed by atoms with E-state index in [0.717, 1.165) is 40.6 Å². The fraction of sp³-hybridized carbons (Fsp3) is 0.240. The SMILES string of the molecule is COc1ccc(C=Nn2cnc3sc4c(c3c2=O)CCCC4)cc1OCc1ccccc1. The third-order valence-corrected chi connectivity index (χ3v) is 6.81. The van der Waals surface area contributed by atoms with Gasteiger partial charge in [0.05, 0.1) is 18.7 Å². The summed E-state index contributed by atoms with van der Waals surface area (Å²) in [6, 6.07) is 15.5. The second-order valence-electron chi connectivity index (χ2n) is 7.71. The van der Waals surface area contributed by atoms with E-state index in [1.54, 1.807) is 24.7 Å². The molecule has 2 aromatic carbocycles. The van der Waals surface area contributed by atoms with Gasteiger partial charge in [-0.15, -0.1) is 11.3 Å². The third-order valence-electron chi connectivity index (χ3n) is 5.62. The zero-order valence-electron chi connectivity index (χ0n) is 17.8. The van der Waals surface area contributed by atoms with Gasteiger partial charge in [0.15, 0.2) is 11.5 Å². The fourth-order valence-corrected chi connectivity index (χ4v) is 5.19. The van der Waals surface area contributed by atoms with Crippen LogP contribution < -0.4 is 15.0 Å². The number of thiophene rings is 1. The molecule has 0 unspecified atom stereocenters. The van der Waals surface area contributed by atoms with Crippen LogP contribution in [0, 0.1) is 0 Å². The van der Waals surface area contributed by atoms with E-state index < -0.39 is 0 Å². The minimum absolute atomic E-state index is 0.111. The zero-order chi connectivity index (χ0) is 21.9. The monoisotopic (exact) mass is 445 g/mol. The summed E-state index contributed by atoms with van der Waals surface area (Å²) in [4.78, 5) is 19.7. The highest BCUT2D eigenvalue weighted by Crippen LogP contribution is 2.33. The topological polar surface area (TPSA) is 65.7 Å². The lowest BCUT2D eigenvalue weighted by Crippen LogP contribution is -2.18. The van der Waals surface area contributed by atoms with Gasteiger partial charge in [0, 0.05) is 4.88 Å². The van der Waals surface area contributed by atoms with E-state index in [0.29, 0.717) is 18.1 Å². The normalized spacial score (nSPS) is 13.4. The summed E-state index contributed by atoms with van der Waals surface area (Å²) in [5, 5.41) is 5.12. The highest BCUT2D eigenvalue weighted by atomic mass is 32.1. The lowest BCUT2D eigenvalue weighted by molar-refractivity contribution is 0.284. The first-order chi connectivity index (χ1) is 15.7. The van der Waals surface area contributed by atoms with E-state index >= 15 is 0 Å². The summed E-state index contributed by atoms with van der Waals surface area (Å²) in [5.74, 6) is 1.26. The third kappa shape index (κ3) is 4.03. The van der Waals surface area contributed by atoms with Crippen LogP contribution in [0.1, 0.15) is 34.4 Å². The van der Waals surface area contributed by atoms with Crippen LogP contribution in [0.4, 0.5) is 0 Å². The molecule has 0 spiro atoms. The maximum absolute atomic E-state index is 13.1. The van der Waals surface area contributed by atoms with E-state index in [-0.39, 0.29) is 5.56 Å². The van der Waals surface area contributed by atoms with Crippen LogP contribution in [0.5, 0.6) is 11.5 Å². The number of nitrogens with zero attached hydrogens (tertiary/aromatic N) is 3. The summed E-state index contributed by atoms with van der Waals surface area (Å²) in [6.45, 7) is 0.432. The van der Waals surface area contributed by atoms with Crippen LogP contribution in [0.2, 0.25) is 0 Å². The minimum Gasteiger partial charge on any atom is -0.493 e. The van der Waals surface area contributed by atoms with Crippen LogP contribution in [-0.4, -0.2) is 23.0 Å². The zero-order valence-corrected chi connectivity index (χ0v) is 18.6. The van der Waals surface area contributed by atoms with E-state index in [9.17, 15) is 4.79 Å². The number of hydrogen-bond donors (Lipinski definition) is 0. The Hall–Kier alpha value is -3.45. The maximum Gasteiger partial charge on any atom is 0.282 e. The predicted molar refractivity (Wildman–Crippen MR) is 127 cm³/mol. The molecule has 0 aliphatic heterocycles. The number of fused-ring (bicyclic) bond motifs is 3. The molecule has 0 bridgehead atoms. The average Bonchev–Trinajstić information content (AvgIpc) is 3.22. The molecule has 0 saturated carbocycles. The number of aryl methyl sites for hydroxylation is 2. The molecule has 2 heterocycles. The van der Waals surface area contributed by atoms with Crippen molar-refractivity contribution in [2.24, 2.45) is 5.10 Å². The van der Waals surface area contributed by atoms with E-state index in [2.05, 4.69) is 10.1 Å². The number of hydrogen-bond acceptors (Lipinski definition) is 6. The van der Waals surface area contributed by atoms with Crippen molar-refractivity contribution in [3.63, 3.8) is 0 Å². The molecule has 0 atom stereocenters. The molecule has 0 amide bonds. The quantitative estimate of drug-likeness (QED) is 0.400. The van der Waals surface area contributed by atoms with Gasteiger partial charge in [-0.05, 0) is 60.6 Å². The Bertz CT molecular complexity index is 1340. The van der Waals surface area contributed by atoms with Crippen molar-refractivity contribution in [3.8, 4) is 11.5 Å². The fourth-order valence-electron chi connectivity index (χ4n) is 3.97. The van der Waals surface area contributed by atoms with Crippen molar-refractivity contribution in [1.29, 1.82) is 0 Å². The van der Waals surface area contributed by atoms with E-state index in [4.69, 9.17) is 9.47 Å². The molecule has 4 aromatic rings. The lowest BCUT2D eigenvalue weighted by atomic mass is 9.97. The average molecular weight is 446 g/mol. The molecule has 5 rings (SSSR count). The molecule has 0 N–H and O–H groups in total. The smallest absolute Gasteiger partial charge is 0.282 e. The second kappa shape index (κ2) is 8.96. The molecule has 0 fully saturated rings. The van der Waals surface area contributed by atoms with Crippen molar-refractivity contribution in [2.75, 3.05) is 7.11 Å². The van der Waals surface area contributed by atoms with Crippen LogP contribution in [0.3, 0.4) is 0 Å². The van der Waals surface area contributed by atoms with Gasteiger partial charge in [-0.3, -0.25) is 4.79 Å². The Labute approximate surface area is 189 Å². The summed E-state index contributed by atoms with van der Waals surface area (Å²) >= 11 is 1.64. The number of ether oxygens (including phenoxy) is 2. The van der Waals surface area contributed by atoms with Crippen LogP contribution in [0.15, 0.2) is 64.8 Å². The van der Waals surface area contributed by atoms with Crippen LogP contribution in [0.25, 0.3) is 10.2 Å². The van der Waals surface area contributed by atoms with Gasteiger partial charge in [-0.1, -0.05) is 30.3 Å².